The van der Waals surface area contributed by atoms with Crippen LogP contribution >= 0.6 is 22.9 Å². The van der Waals surface area contributed by atoms with E-state index in [-0.39, 0.29) is 30.2 Å². The van der Waals surface area contributed by atoms with E-state index in [1.165, 1.54) is 30.6 Å². The van der Waals surface area contributed by atoms with Gasteiger partial charge in [-0.1, -0.05) is 57.2 Å². The molecule has 1 aromatic carbocycles. The molecular weight excluding hydrogens is 558 g/mol. The summed E-state index contributed by atoms with van der Waals surface area (Å²) < 4.78 is 0.943. The Bertz CT molecular complexity index is 1210. The first kappa shape index (κ1) is 31.4. The maximum atomic E-state index is 13.7. The molecule has 41 heavy (non-hydrogen) atoms. The second-order valence-electron chi connectivity index (χ2n) is 11.5. The smallest absolute Gasteiger partial charge is 0.247 e. The number of hydrogen-bond acceptors (Lipinski definition) is 6. The van der Waals surface area contributed by atoms with Crippen molar-refractivity contribution in [1.29, 1.82) is 0 Å². The molecule has 10 heteroatoms. The summed E-state index contributed by atoms with van der Waals surface area (Å²) in [5, 5.41) is 10.6. The predicted octanol–water partition coefficient (Wildman–Crippen LogP) is 5.00. The van der Waals surface area contributed by atoms with Crippen LogP contribution in [-0.4, -0.2) is 65.9 Å². The topological polar surface area (TPSA) is 103 Å². The van der Waals surface area contributed by atoms with Gasteiger partial charge in [0.05, 0.1) is 15.2 Å². The number of likely N-dealkylation sites (tertiary alicyclic amines) is 1. The van der Waals surface area contributed by atoms with Gasteiger partial charge in [-0.3, -0.25) is 19.3 Å². The fourth-order valence-electron chi connectivity index (χ4n) is 5.85. The van der Waals surface area contributed by atoms with Crippen molar-refractivity contribution in [3.05, 3.63) is 40.4 Å². The van der Waals surface area contributed by atoms with E-state index in [2.05, 4.69) is 32.4 Å². The second kappa shape index (κ2) is 15.7. The molecule has 1 aliphatic heterocycles. The molecule has 4 rings (SSSR count). The molecule has 2 heterocycles. The van der Waals surface area contributed by atoms with E-state index in [0.29, 0.717) is 42.4 Å². The van der Waals surface area contributed by atoms with Crippen molar-refractivity contribution in [2.24, 2.45) is 5.92 Å². The predicted molar refractivity (Wildman–Crippen MR) is 166 cm³/mol. The molecule has 2 atom stereocenters. The maximum absolute atomic E-state index is 13.7. The van der Waals surface area contributed by atoms with Crippen molar-refractivity contribution in [1.82, 2.24) is 25.8 Å². The Hall–Kier alpha value is -2.49. The summed E-state index contributed by atoms with van der Waals surface area (Å²) in [6, 6.07) is 4.52. The minimum atomic E-state index is -0.764. The summed E-state index contributed by atoms with van der Waals surface area (Å²) in [6.45, 7) is 8.86. The molecule has 1 saturated heterocycles. The van der Waals surface area contributed by atoms with E-state index in [1.54, 1.807) is 6.07 Å². The number of rotatable bonds is 14. The van der Waals surface area contributed by atoms with Crippen molar-refractivity contribution in [2.75, 3.05) is 26.2 Å². The van der Waals surface area contributed by atoms with Crippen LogP contribution in [0.4, 0.5) is 0 Å². The fraction of sp³-hybridized carbons (Fsp3) is 0.613. The number of amides is 3. The van der Waals surface area contributed by atoms with Crippen LogP contribution in [0.15, 0.2) is 30.4 Å². The molecule has 1 aliphatic carbocycles. The number of thiazole rings is 1. The minimum Gasteiger partial charge on any atom is -0.350 e. The molecule has 0 unspecified atom stereocenters. The first-order valence-electron chi connectivity index (χ1n) is 15.1. The van der Waals surface area contributed by atoms with Crippen LogP contribution in [-0.2, 0) is 20.8 Å². The third-order valence-electron chi connectivity index (χ3n) is 8.03. The molecule has 3 N–H and O–H groups in total. The first-order chi connectivity index (χ1) is 19.8. The standard InChI is InChI=1S/C31H44ClN5O3S/c1-3-9-28(38)35-26(18-29-36-25-13-12-23(32)17-27(25)41-29)31(40)34-24(16-22-10-5-4-6-11-22)19-33-30(39)21(2)20-37-14-7-8-15-37/h12-13,17,22,24,26H,2-11,14-16,18-20H2,1H3,(H,33,39)(H,34,40)(H,35,38)/t24-,26-/m0/s1. The molecular formula is C31H44ClN5O3S. The summed E-state index contributed by atoms with van der Waals surface area (Å²) in [6.07, 6.45) is 10.3. The van der Waals surface area contributed by atoms with Gasteiger partial charge in [0.15, 0.2) is 0 Å². The summed E-state index contributed by atoms with van der Waals surface area (Å²) in [4.78, 5) is 46.1. The van der Waals surface area contributed by atoms with E-state index in [4.69, 9.17) is 11.6 Å². The van der Waals surface area contributed by atoms with Crippen LogP contribution in [0.25, 0.3) is 10.2 Å². The largest absolute Gasteiger partial charge is 0.350 e. The fourth-order valence-corrected chi connectivity index (χ4v) is 7.14. The van der Waals surface area contributed by atoms with Crippen molar-refractivity contribution in [2.45, 2.75) is 89.6 Å². The highest BCUT2D eigenvalue weighted by Gasteiger charge is 2.27. The van der Waals surface area contributed by atoms with Crippen LogP contribution in [0.3, 0.4) is 0 Å². The summed E-state index contributed by atoms with van der Waals surface area (Å²) in [7, 11) is 0. The lowest BCUT2D eigenvalue weighted by atomic mass is 9.84. The van der Waals surface area contributed by atoms with Gasteiger partial charge < -0.3 is 16.0 Å². The van der Waals surface area contributed by atoms with Crippen LogP contribution < -0.4 is 16.0 Å². The maximum Gasteiger partial charge on any atom is 0.247 e. The lowest BCUT2D eigenvalue weighted by molar-refractivity contribution is -0.129. The van der Waals surface area contributed by atoms with Gasteiger partial charge in [0, 0.05) is 42.6 Å². The van der Waals surface area contributed by atoms with Gasteiger partial charge in [0.25, 0.3) is 0 Å². The summed E-state index contributed by atoms with van der Waals surface area (Å²) >= 11 is 7.64. The molecule has 8 nitrogen and oxygen atoms in total. The Morgan fingerprint density at radius 3 is 2.61 bits per heavy atom. The quantitative estimate of drug-likeness (QED) is 0.264. The average molecular weight is 602 g/mol. The van der Waals surface area contributed by atoms with Crippen LogP contribution in [0.5, 0.6) is 0 Å². The van der Waals surface area contributed by atoms with Gasteiger partial charge in [0.2, 0.25) is 17.7 Å². The van der Waals surface area contributed by atoms with E-state index >= 15 is 0 Å². The van der Waals surface area contributed by atoms with E-state index in [1.807, 2.05) is 19.1 Å². The number of nitrogens with one attached hydrogen (secondary N) is 3. The first-order valence-corrected chi connectivity index (χ1v) is 16.3. The molecule has 1 aromatic heterocycles. The second-order valence-corrected chi connectivity index (χ2v) is 13.1. The Labute approximate surface area is 252 Å². The van der Waals surface area contributed by atoms with Crippen LogP contribution in [0.2, 0.25) is 5.02 Å². The zero-order valence-corrected chi connectivity index (χ0v) is 25.8. The third kappa shape index (κ3) is 9.79. The number of aromatic nitrogens is 1. The molecule has 224 valence electrons. The van der Waals surface area contributed by atoms with E-state index in [9.17, 15) is 14.4 Å². The van der Waals surface area contributed by atoms with Crippen molar-refractivity contribution in [3.63, 3.8) is 0 Å². The summed E-state index contributed by atoms with van der Waals surface area (Å²) in [5.74, 6) is -0.0773. The van der Waals surface area contributed by atoms with Crippen molar-refractivity contribution < 1.29 is 14.4 Å². The number of hydrogen-bond donors (Lipinski definition) is 3. The number of nitrogens with zero attached hydrogens (tertiary/aromatic N) is 2. The Kier molecular flexibility index (Phi) is 12.0. The van der Waals surface area contributed by atoms with Crippen LogP contribution in [0.1, 0.15) is 76.1 Å². The van der Waals surface area contributed by atoms with E-state index < -0.39 is 6.04 Å². The molecule has 0 spiro atoms. The monoisotopic (exact) mass is 601 g/mol. The van der Waals surface area contributed by atoms with Crippen molar-refractivity contribution in [3.8, 4) is 0 Å². The third-order valence-corrected chi connectivity index (χ3v) is 9.31. The number of benzene rings is 1. The van der Waals surface area contributed by atoms with Crippen molar-refractivity contribution >= 4 is 50.9 Å². The number of halogens is 1. The highest BCUT2D eigenvalue weighted by molar-refractivity contribution is 7.18. The molecule has 3 amide bonds. The zero-order chi connectivity index (χ0) is 29.2. The molecule has 1 saturated carbocycles. The van der Waals surface area contributed by atoms with E-state index in [0.717, 1.165) is 60.4 Å². The van der Waals surface area contributed by atoms with Gasteiger partial charge in [-0.25, -0.2) is 4.98 Å². The number of carbonyl (C=O) groups excluding carboxylic acids is 3. The van der Waals surface area contributed by atoms with Gasteiger partial charge in [-0.15, -0.1) is 11.3 Å². The molecule has 0 radical (unpaired) electrons. The average Bonchev–Trinajstić information content (AvgIpc) is 3.61. The van der Waals surface area contributed by atoms with Crippen LogP contribution in [0, 0.1) is 5.92 Å². The summed E-state index contributed by atoms with van der Waals surface area (Å²) in [5.41, 5.74) is 1.37. The minimum absolute atomic E-state index is 0.160. The zero-order valence-electron chi connectivity index (χ0n) is 24.2. The number of carbonyl (C=O) groups is 3. The highest BCUT2D eigenvalue weighted by atomic mass is 35.5. The van der Waals surface area contributed by atoms with Gasteiger partial charge in [-0.05, 0) is 62.9 Å². The lowest BCUT2D eigenvalue weighted by Gasteiger charge is -2.29. The molecule has 2 aromatic rings. The SMILES string of the molecule is C=C(CN1CCCC1)C(=O)NC[C@H](CC1CCCCC1)NC(=O)[C@H](Cc1nc2ccc(Cl)cc2s1)NC(=O)CCC. The highest BCUT2D eigenvalue weighted by Crippen LogP contribution is 2.28. The van der Waals surface area contributed by atoms with Gasteiger partial charge >= 0.3 is 0 Å². The normalized spacial score (nSPS) is 17.7. The lowest BCUT2D eigenvalue weighted by Crippen LogP contribution is -2.53. The Morgan fingerprint density at radius 1 is 1.12 bits per heavy atom. The molecule has 0 bridgehead atoms. The molecule has 2 aliphatic rings. The Morgan fingerprint density at radius 2 is 1.88 bits per heavy atom. The number of fused-ring (bicyclic) bond motifs is 1. The molecule has 2 fully saturated rings. The van der Waals surface area contributed by atoms with Gasteiger partial charge in [-0.2, -0.15) is 0 Å². The van der Waals surface area contributed by atoms with Gasteiger partial charge in [0.1, 0.15) is 6.04 Å². The Balaban J connectivity index is 1.43.